The molecule has 166 valence electrons. The quantitative estimate of drug-likeness (QED) is 0.461. The third-order valence-electron chi connectivity index (χ3n) is 4.31. The van der Waals surface area contributed by atoms with Crippen molar-refractivity contribution in [3.8, 4) is 0 Å². The molecular weight excluding hydrogens is 438 g/mol. The fourth-order valence-electron chi connectivity index (χ4n) is 2.82. The fraction of sp³-hybridized carbons (Fsp3) is 0.0909. The average molecular weight is 452 g/mol. The molecule has 0 radical (unpaired) electrons. The molecule has 0 atom stereocenters. The van der Waals surface area contributed by atoms with Gasteiger partial charge in [0.1, 0.15) is 0 Å². The summed E-state index contributed by atoms with van der Waals surface area (Å²) in [6, 6.07) is 13.3. The molecule has 3 rings (SSSR count). The van der Waals surface area contributed by atoms with E-state index < -0.39 is 35.3 Å². The summed E-state index contributed by atoms with van der Waals surface area (Å²) in [6.45, 7) is 0. The van der Waals surface area contributed by atoms with Crippen molar-refractivity contribution in [1.29, 1.82) is 0 Å². The molecule has 0 aliphatic rings. The number of anilines is 2. The molecular formula is C22H14F6N2O2. The number of nitrogens with one attached hydrogen (secondary N) is 2. The first kappa shape index (κ1) is 22.9. The van der Waals surface area contributed by atoms with E-state index in [1.54, 1.807) is 0 Å². The van der Waals surface area contributed by atoms with Gasteiger partial charge in [0.15, 0.2) is 0 Å². The summed E-state index contributed by atoms with van der Waals surface area (Å²) in [4.78, 5) is 25.2. The summed E-state index contributed by atoms with van der Waals surface area (Å²) in [5.41, 5.74) is -2.56. The minimum atomic E-state index is -4.61. The molecule has 0 aliphatic heterocycles. The lowest BCUT2D eigenvalue weighted by Crippen LogP contribution is -2.20. The molecule has 0 bridgehead atoms. The monoisotopic (exact) mass is 452 g/mol. The first-order chi connectivity index (χ1) is 14.9. The van der Waals surface area contributed by atoms with Crippen molar-refractivity contribution >= 4 is 23.2 Å². The minimum absolute atomic E-state index is 0.141. The van der Waals surface area contributed by atoms with Gasteiger partial charge in [-0.05, 0) is 48.5 Å². The second kappa shape index (κ2) is 8.74. The Morgan fingerprint density at radius 1 is 0.562 bits per heavy atom. The molecule has 3 aromatic rings. The van der Waals surface area contributed by atoms with E-state index in [4.69, 9.17) is 0 Å². The normalized spacial score (nSPS) is 11.7. The highest BCUT2D eigenvalue weighted by atomic mass is 19.4. The van der Waals surface area contributed by atoms with Crippen LogP contribution in [-0.2, 0) is 12.4 Å². The number of halogens is 6. The number of carbonyl (C=O) groups is 2. The Hall–Kier alpha value is -3.82. The first-order valence-electron chi connectivity index (χ1n) is 9.01. The van der Waals surface area contributed by atoms with E-state index in [9.17, 15) is 35.9 Å². The maximum atomic E-state index is 12.9. The lowest BCUT2D eigenvalue weighted by Gasteiger charge is -2.13. The van der Waals surface area contributed by atoms with Crippen LogP contribution in [0, 0.1) is 0 Å². The first-order valence-corrected chi connectivity index (χ1v) is 9.01. The van der Waals surface area contributed by atoms with Gasteiger partial charge in [-0.15, -0.1) is 0 Å². The Bertz CT molecular complexity index is 1060. The molecule has 0 spiro atoms. The van der Waals surface area contributed by atoms with Gasteiger partial charge in [0.2, 0.25) is 0 Å². The summed E-state index contributed by atoms with van der Waals surface area (Å²) in [5.74, 6) is -1.72. The summed E-state index contributed by atoms with van der Waals surface area (Å²) < 4.78 is 77.2. The predicted octanol–water partition coefficient (Wildman–Crippen LogP) is 6.23. The maximum Gasteiger partial charge on any atom is 0.416 e. The van der Waals surface area contributed by atoms with E-state index in [0.29, 0.717) is 0 Å². The van der Waals surface area contributed by atoms with Crippen molar-refractivity contribution < 1.29 is 35.9 Å². The van der Waals surface area contributed by atoms with Crippen LogP contribution in [0.15, 0.2) is 72.8 Å². The Morgan fingerprint density at radius 2 is 0.938 bits per heavy atom. The number of amides is 2. The topological polar surface area (TPSA) is 58.2 Å². The highest BCUT2D eigenvalue weighted by Crippen LogP contribution is 2.32. The van der Waals surface area contributed by atoms with Crippen LogP contribution in [-0.4, -0.2) is 11.8 Å². The van der Waals surface area contributed by atoms with Crippen LogP contribution in [0.25, 0.3) is 0 Å². The summed E-state index contributed by atoms with van der Waals surface area (Å²) >= 11 is 0. The third-order valence-corrected chi connectivity index (χ3v) is 4.31. The van der Waals surface area contributed by atoms with Gasteiger partial charge in [-0.2, -0.15) is 26.3 Å². The van der Waals surface area contributed by atoms with Crippen LogP contribution in [0.3, 0.4) is 0 Å². The van der Waals surface area contributed by atoms with Crippen LogP contribution in [0.5, 0.6) is 0 Å². The average Bonchev–Trinajstić information content (AvgIpc) is 2.73. The summed E-state index contributed by atoms with van der Waals surface area (Å²) in [5, 5.41) is 4.58. The van der Waals surface area contributed by atoms with E-state index in [0.717, 1.165) is 36.4 Å². The van der Waals surface area contributed by atoms with Crippen molar-refractivity contribution in [2.24, 2.45) is 0 Å². The highest BCUT2D eigenvalue weighted by molar-refractivity contribution is 6.15. The fourth-order valence-corrected chi connectivity index (χ4v) is 2.82. The maximum absolute atomic E-state index is 12.9. The van der Waals surface area contributed by atoms with E-state index in [2.05, 4.69) is 10.6 Å². The van der Waals surface area contributed by atoms with Crippen molar-refractivity contribution in [1.82, 2.24) is 0 Å². The smallest absolute Gasteiger partial charge is 0.322 e. The van der Waals surface area contributed by atoms with Crippen LogP contribution in [0.2, 0.25) is 0 Å². The largest absolute Gasteiger partial charge is 0.416 e. The zero-order chi connectivity index (χ0) is 23.5. The minimum Gasteiger partial charge on any atom is -0.322 e. The number of hydrogen-bond donors (Lipinski definition) is 2. The molecule has 0 saturated carbocycles. The standard InChI is InChI=1S/C22H14F6N2O2/c23-21(24,25)13-5-3-7-15(11-13)29-19(31)17-9-1-2-10-18(17)20(32)30-16-8-4-6-14(12-16)22(26,27)28/h1-12H,(H,29,31)(H,30,32). The van der Waals surface area contributed by atoms with Gasteiger partial charge in [-0.25, -0.2) is 0 Å². The molecule has 0 saturated heterocycles. The molecule has 3 aromatic carbocycles. The van der Waals surface area contributed by atoms with Gasteiger partial charge in [0, 0.05) is 11.4 Å². The molecule has 0 fully saturated rings. The Morgan fingerprint density at radius 3 is 1.28 bits per heavy atom. The summed E-state index contributed by atoms with van der Waals surface area (Å²) in [7, 11) is 0. The number of benzene rings is 3. The van der Waals surface area contributed by atoms with Gasteiger partial charge in [-0.3, -0.25) is 9.59 Å². The molecule has 2 N–H and O–H groups in total. The van der Waals surface area contributed by atoms with Crippen molar-refractivity contribution in [3.05, 3.63) is 95.1 Å². The van der Waals surface area contributed by atoms with Crippen molar-refractivity contribution in [3.63, 3.8) is 0 Å². The Balaban J connectivity index is 1.83. The molecule has 0 aliphatic carbocycles. The predicted molar refractivity (Wildman–Crippen MR) is 105 cm³/mol. The van der Waals surface area contributed by atoms with Crippen LogP contribution in [0.4, 0.5) is 37.7 Å². The van der Waals surface area contributed by atoms with Gasteiger partial charge in [0.25, 0.3) is 11.8 Å². The Kier molecular flexibility index (Phi) is 6.24. The molecule has 0 aromatic heterocycles. The van der Waals surface area contributed by atoms with Gasteiger partial charge in [-0.1, -0.05) is 24.3 Å². The molecule has 32 heavy (non-hydrogen) atoms. The van der Waals surface area contributed by atoms with Crippen LogP contribution >= 0.6 is 0 Å². The molecule has 0 unspecified atom stereocenters. The van der Waals surface area contributed by atoms with E-state index in [-0.39, 0.29) is 22.5 Å². The number of alkyl halides is 6. The molecule has 4 nitrogen and oxygen atoms in total. The van der Waals surface area contributed by atoms with Gasteiger partial charge < -0.3 is 10.6 Å². The Labute approximate surface area is 177 Å². The second-order valence-corrected chi connectivity index (χ2v) is 6.61. The van der Waals surface area contributed by atoms with Gasteiger partial charge in [0.05, 0.1) is 22.3 Å². The van der Waals surface area contributed by atoms with E-state index in [1.807, 2.05) is 0 Å². The second-order valence-electron chi connectivity index (χ2n) is 6.61. The third kappa shape index (κ3) is 5.45. The zero-order valence-corrected chi connectivity index (χ0v) is 16.0. The van der Waals surface area contributed by atoms with Gasteiger partial charge >= 0.3 is 12.4 Å². The number of rotatable bonds is 4. The SMILES string of the molecule is O=C(Nc1cccc(C(F)(F)F)c1)c1ccccc1C(=O)Nc1cccc(C(F)(F)F)c1. The van der Waals surface area contributed by atoms with Crippen LogP contribution in [0.1, 0.15) is 31.8 Å². The van der Waals surface area contributed by atoms with E-state index >= 15 is 0 Å². The van der Waals surface area contributed by atoms with Crippen molar-refractivity contribution in [2.75, 3.05) is 10.6 Å². The zero-order valence-electron chi connectivity index (χ0n) is 16.0. The van der Waals surface area contributed by atoms with Crippen LogP contribution < -0.4 is 10.6 Å². The molecule has 0 heterocycles. The van der Waals surface area contributed by atoms with E-state index in [1.165, 1.54) is 36.4 Å². The molecule has 10 heteroatoms. The molecule has 2 amide bonds. The lowest BCUT2D eigenvalue weighted by molar-refractivity contribution is -0.138. The lowest BCUT2D eigenvalue weighted by atomic mass is 10.1. The number of carbonyl (C=O) groups excluding carboxylic acids is 2. The highest BCUT2D eigenvalue weighted by Gasteiger charge is 2.31. The van der Waals surface area contributed by atoms with Crippen molar-refractivity contribution in [2.45, 2.75) is 12.4 Å². The number of hydrogen-bond acceptors (Lipinski definition) is 2. The summed E-state index contributed by atoms with van der Waals surface area (Å²) in [6.07, 6.45) is -9.22.